The summed E-state index contributed by atoms with van der Waals surface area (Å²) >= 11 is 0. The molecule has 0 fully saturated rings. The van der Waals surface area contributed by atoms with Gasteiger partial charge in [0.25, 0.3) is 0 Å². The van der Waals surface area contributed by atoms with Crippen LogP contribution in [-0.4, -0.2) is 35.9 Å². The summed E-state index contributed by atoms with van der Waals surface area (Å²) in [6, 6.07) is 5.11. The Labute approximate surface area is 135 Å². The zero-order chi connectivity index (χ0) is 17.9. The van der Waals surface area contributed by atoms with Crippen LogP contribution in [0.5, 0.6) is 0 Å². The first-order chi connectivity index (χ1) is 11.2. The number of hydrogen-bond donors (Lipinski definition) is 1. The van der Waals surface area contributed by atoms with Crippen LogP contribution in [0.15, 0.2) is 33.5 Å². The lowest BCUT2D eigenvalue weighted by Crippen LogP contribution is -2.41. The molecule has 1 aromatic heterocycles. The molecule has 0 aliphatic rings. The number of ether oxygens (including phenoxy) is 1. The predicted octanol–water partition coefficient (Wildman–Crippen LogP) is 2.24. The summed E-state index contributed by atoms with van der Waals surface area (Å²) in [5, 5.41) is 2.51. The van der Waals surface area contributed by atoms with E-state index in [4.69, 9.17) is 4.42 Å². The summed E-state index contributed by atoms with van der Waals surface area (Å²) < 4.78 is 46.8. The third-order valence-corrected chi connectivity index (χ3v) is 3.31. The number of para-hydroxylation sites is 2. The van der Waals surface area contributed by atoms with Crippen molar-refractivity contribution >= 4 is 17.0 Å². The molecule has 0 spiro atoms. The maximum atomic E-state index is 12.2. The van der Waals surface area contributed by atoms with Gasteiger partial charge in [-0.1, -0.05) is 12.1 Å². The van der Waals surface area contributed by atoms with Crippen LogP contribution in [0.4, 0.5) is 13.2 Å². The number of hydrogen-bond acceptors (Lipinski definition) is 4. The highest BCUT2D eigenvalue weighted by Gasteiger charge is 2.28. The van der Waals surface area contributed by atoms with E-state index in [-0.39, 0.29) is 6.61 Å². The number of nitrogens with one attached hydrogen (secondary N) is 1. The molecular formula is C15H17F3N2O4. The Balaban J connectivity index is 2.01. The highest BCUT2D eigenvalue weighted by Crippen LogP contribution is 2.17. The normalized spacial score (nSPS) is 14.5. The van der Waals surface area contributed by atoms with Gasteiger partial charge in [0, 0.05) is 6.04 Å². The largest absolute Gasteiger partial charge is 0.420 e. The van der Waals surface area contributed by atoms with Gasteiger partial charge >= 0.3 is 11.9 Å². The number of amides is 1. The van der Waals surface area contributed by atoms with Gasteiger partial charge in [-0.25, -0.2) is 4.79 Å². The number of halogens is 3. The van der Waals surface area contributed by atoms with Crippen molar-refractivity contribution in [3.8, 4) is 0 Å². The lowest BCUT2D eigenvalue weighted by atomic mass is 10.2. The highest BCUT2D eigenvalue weighted by atomic mass is 19.4. The van der Waals surface area contributed by atoms with Crippen LogP contribution in [0.3, 0.4) is 0 Å². The minimum atomic E-state index is -4.42. The fraction of sp³-hybridized carbons (Fsp3) is 0.467. The zero-order valence-electron chi connectivity index (χ0n) is 13.1. The Hall–Kier alpha value is -2.29. The monoisotopic (exact) mass is 346 g/mol. The van der Waals surface area contributed by atoms with Gasteiger partial charge in [0.05, 0.1) is 12.1 Å². The Kier molecular flexibility index (Phi) is 5.33. The van der Waals surface area contributed by atoms with Crippen LogP contribution in [0.25, 0.3) is 11.1 Å². The highest BCUT2D eigenvalue weighted by molar-refractivity contribution is 5.83. The molecule has 0 aliphatic heterocycles. The van der Waals surface area contributed by atoms with E-state index in [0.29, 0.717) is 11.1 Å². The Bertz CT molecular complexity index is 766. The number of oxazole rings is 1. The summed E-state index contributed by atoms with van der Waals surface area (Å²) in [5.74, 6) is -1.20. The molecule has 2 aromatic rings. The molecule has 1 aromatic carbocycles. The molecule has 0 unspecified atom stereocenters. The number of rotatable bonds is 6. The predicted molar refractivity (Wildman–Crippen MR) is 79.7 cm³/mol. The second kappa shape index (κ2) is 7.08. The van der Waals surface area contributed by atoms with E-state index >= 15 is 0 Å². The van der Waals surface area contributed by atoms with E-state index in [1.165, 1.54) is 18.4 Å². The Morgan fingerprint density at radius 2 is 2.00 bits per heavy atom. The number of carbonyl (C=O) groups excluding carboxylic acids is 1. The van der Waals surface area contributed by atoms with Crippen molar-refractivity contribution in [2.45, 2.75) is 32.1 Å². The lowest BCUT2D eigenvalue weighted by Gasteiger charge is -2.18. The number of fused-ring (bicyclic) bond motifs is 1. The number of nitrogens with zero attached hydrogens (tertiary/aromatic N) is 1. The standard InChI is InChI=1S/C15H17F3N2O4/c1-9(7-23-8-15(16,17)18)19-13(21)10(2)20-11-5-3-4-6-12(11)24-14(20)22/h3-6,9-10H,7-8H2,1-2H3,(H,19,21)/t9-,10+/m0/s1. The number of benzene rings is 1. The fourth-order valence-electron chi connectivity index (χ4n) is 2.22. The molecular weight excluding hydrogens is 329 g/mol. The van der Waals surface area contributed by atoms with Crippen LogP contribution in [-0.2, 0) is 9.53 Å². The van der Waals surface area contributed by atoms with Crippen molar-refractivity contribution in [1.29, 1.82) is 0 Å². The smallest absolute Gasteiger partial charge is 0.408 e. The second-order valence-electron chi connectivity index (χ2n) is 5.42. The molecule has 132 valence electrons. The third kappa shape index (κ3) is 4.38. The second-order valence-corrected chi connectivity index (χ2v) is 5.42. The fourth-order valence-corrected chi connectivity index (χ4v) is 2.22. The van der Waals surface area contributed by atoms with Gasteiger partial charge < -0.3 is 14.5 Å². The van der Waals surface area contributed by atoms with Gasteiger partial charge in [-0.05, 0) is 26.0 Å². The van der Waals surface area contributed by atoms with Crippen molar-refractivity contribution in [2.24, 2.45) is 0 Å². The van der Waals surface area contributed by atoms with Crippen molar-refractivity contribution in [3.05, 3.63) is 34.8 Å². The minimum Gasteiger partial charge on any atom is -0.408 e. The van der Waals surface area contributed by atoms with E-state index in [1.807, 2.05) is 0 Å². The molecule has 0 radical (unpaired) electrons. The summed E-state index contributed by atoms with van der Waals surface area (Å²) in [4.78, 5) is 24.1. The van der Waals surface area contributed by atoms with E-state index < -0.39 is 36.5 Å². The van der Waals surface area contributed by atoms with E-state index in [2.05, 4.69) is 10.1 Å². The Morgan fingerprint density at radius 3 is 2.67 bits per heavy atom. The van der Waals surface area contributed by atoms with E-state index in [1.54, 1.807) is 24.3 Å². The van der Waals surface area contributed by atoms with E-state index in [9.17, 15) is 22.8 Å². The molecule has 1 N–H and O–H groups in total. The molecule has 0 saturated carbocycles. The average molecular weight is 346 g/mol. The third-order valence-electron chi connectivity index (χ3n) is 3.31. The quantitative estimate of drug-likeness (QED) is 0.871. The van der Waals surface area contributed by atoms with Crippen molar-refractivity contribution in [1.82, 2.24) is 9.88 Å². The molecule has 0 bridgehead atoms. The summed E-state index contributed by atoms with van der Waals surface area (Å²) in [7, 11) is 0. The SMILES string of the molecule is C[C@H](C(=O)N[C@@H](C)COCC(F)(F)F)n1c(=O)oc2ccccc21. The van der Waals surface area contributed by atoms with Crippen molar-refractivity contribution < 1.29 is 27.1 Å². The first-order valence-electron chi connectivity index (χ1n) is 7.24. The van der Waals surface area contributed by atoms with Crippen LogP contribution in [0.2, 0.25) is 0 Å². The molecule has 2 rings (SSSR count). The van der Waals surface area contributed by atoms with Crippen LogP contribution in [0.1, 0.15) is 19.9 Å². The molecule has 0 saturated heterocycles. The maximum Gasteiger partial charge on any atom is 0.420 e. The van der Waals surface area contributed by atoms with Gasteiger partial charge in [0.2, 0.25) is 5.91 Å². The first kappa shape index (κ1) is 18.1. The van der Waals surface area contributed by atoms with Crippen LogP contribution in [0, 0.1) is 0 Å². The summed E-state index contributed by atoms with van der Waals surface area (Å²) in [5.41, 5.74) is 0.815. The molecule has 2 atom stereocenters. The summed E-state index contributed by atoms with van der Waals surface area (Å²) in [6.07, 6.45) is -4.42. The maximum absolute atomic E-state index is 12.2. The topological polar surface area (TPSA) is 73.5 Å². The molecule has 9 heteroatoms. The minimum absolute atomic E-state index is 0.293. The van der Waals surface area contributed by atoms with Gasteiger partial charge in [-0.2, -0.15) is 13.2 Å². The lowest BCUT2D eigenvalue weighted by molar-refractivity contribution is -0.175. The Morgan fingerprint density at radius 1 is 1.33 bits per heavy atom. The van der Waals surface area contributed by atoms with Crippen molar-refractivity contribution in [2.75, 3.05) is 13.2 Å². The molecule has 0 aliphatic carbocycles. The first-order valence-corrected chi connectivity index (χ1v) is 7.24. The number of alkyl halides is 3. The van der Waals surface area contributed by atoms with Gasteiger partial charge in [0.1, 0.15) is 12.6 Å². The van der Waals surface area contributed by atoms with Gasteiger partial charge in [-0.15, -0.1) is 0 Å². The van der Waals surface area contributed by atoms with Gasteiger partial charge in [0.15, 0.2) is 5.58 Å². The molecule has 6 nitrogen and oxygen atoms in total. The zero-order valence-corrected chi connectivity index (χ0v) is 13.1. The summed E-state index contributed by atoms with van der Waals surface area (Å²) in [6.45, 7) is 1.34. The average Bonchev–Trinajstić information content (AvgIpc) is 2.80. The van der Waals surface area contributed by atoms with Gasteiger partial charge in [-0.3, -0.25) is 9.36 Å². The van der Waals surface area contributed by atoms with Crippen LogP contribution < -0.4 is 11.1 Å². The number of aromatic nitrogens is 1. The van der Waals surface area contributed by atoms with E-state index in [0.717, 1.165) is 0 Å². The number of carbonyl (C=O) groups is 1. The van der Waals surface area contributed by atoms with Crippen LogP contribution >= 0.6 is 0 Å². The molecule has 24 heavy (non-hydrogen) atoms. The molecule has 1 amide bonds. The molecule has 1 heterocycles. The van der Waals surface area contributed by atoms with Crippen molar-refractivity contribution in [3.63, 3.8) is 0 Å².